The second-order valence-corrected chi connectivity index (χ2v) is 4.99. The van der Waals surface area contributed by atoms with Crippen LogP contribution in [0.4, 0.5) is 4.79 Å². The third kappa shape index (κ3) is 1.80. The highest BCUT2D eigenvalue weighted by atomic mass is 16.7. The van der Waals surface area contributed by atoms with Crippen molar-refractivity contribution < 1.29 is 19.1 Å². The van der Waals surface area contributed by atoms with E-state index in [1.807, 2.05) is 18.2 Å². The summed E-state index contributed by atoms with van der Waals surface area (Å²) in [5.74, 6) is 1.15. The largest absolute Gasteiger partial charge is 0.454 e. The molecule has 0 aromatic heterocycles. The molecule has 0 radical (unpaired) electrons. The first-order valence-electron chi connectivity index (χ1n) is 5.98. The maximum atomic E-state index is 12.1. The van der Waals surface area contributed by atoms with Crippen LogP contribution in [0, 0.1) is 0 Å². The number of carbonyl (C=O) groups excluding carboxylic acids is 2. The van der Waals surface area contributed by atoms with E-state index in [4.69, 9.17) is 9.47 Å². The molecule has 1 saturated heterocycles. The molecular weight excluding hydrogens is 248 g/mol. The third-order valence-corrected chi connectivity index (χ3v) is 3.46. The smallest absolute Gasteiger partial charge is 0.324 e. The SMILES string of the molecule is CN1C(=O)NC(C)(Cc2ccc3c(c2)OCO3)C1=O. The molecule has 3 amide bonds. The molecule has 1 N–H and O–H groups in total. The van der Waals surface area contributed by atoms with Gasteiger partial charge in [0.2, 0.25) is 6.79 Å². The Labute approximate surface area is 110 Å². The molecule has 1 atom stereocenters. The second kappa shape index (κ2) is 3.88. The summed E-state index contributed by atoms with van der Waals surface area (Å²) in [6.45, 7) is 1.94. The number of fused-ring (bicyclic) bond motifs is 1. The Hall–Kier alpha value is -2.24. The number of carbonyl (C=O) groups is 2. The number of nitrogens with one attached hydrogen (secondary N) is 1. The van der Waals surface area contributed by atoms with Gasteiger partial charge in [0.25, 0.3) is 5.91 Å². The Morgan fingerprint density at radius 1 is 1.32 bits per heavy atom. The number of hydrogen-bond acceptors (Lipinski definition) is 4. The fraction of sp³-hybridized carbons (Fsp3) is 0.385. The predicted octanol–water partition coefficient (Wildman–Crippen LogP) is 0.898. The first-order valence-corrected chi connectivity index (χ1v) is 5.98. The molecule has 2 aliphatic heterocycles. The molecule has 2 aliphatic rings. The van der Waals surface area contributed by atoms with E-state index in [2.05, 4.69) is 5.32 Å². The summed E-state index contributed by atoms with van der Waals surface area (Å²) in [4.78, 5) is 24.7. The van der Waals surface area contributed by atoms with Crippen LogP contribution >= 0.6 is 0 Å². The average Bonchev–Trinajstić information content (AvgIpc) is 2.90. The highest BCUT2D eigenvalue weighted by molar-refractivity contribution is 6.06. The Kier molecular flexibility index (Phi) is 2.41. The molecule has 0 bridgehead atoms. The first kappa shape index (κ1) is 11.8. The molecule has 0 spiro atoms. The molecule has 100 valence electrons. The maximum Gasteiger partial charge on any atom is 0.324 e. The summed E-state index contributed by atoms with van der Waals surface area (Å²) in [5, 5.41) is 2.71. The van der Waals surface area contributed by atoms with Crippen LogP contribution in [0.1, 0.15) is 12.5 Å². The molecule has 1 aromatic rings. The normalized spacial score (nSPS) is 24.8. The van der Waals surface area contributed by atoms with Gasteiger partial charge in [-0.05, 0) is 24.6 Å². The zero-order chi connectivity index (χ0) is 13.6. The van der Waals surface area contributed by atoms with Crippen LogP contribution in [0.2, 0.25) is 0 Å². The summed E-state index contributed by atoms with van der Waals surface area (Å²) in [6, 6.07) is 5.15. The lowest BCUT2D eigenvalue weighted by atomic mass is 9.92. The van der Waals surface area contributed by atoms with E-state index in [0.29, 0.717) is 17.9 Å². The quantitative estimate of drug-likeness (QED) is 0.804. The number of benzene rings is 1. The minimum absolute atomic E-state index is 0.217. The molecule has 0 saturated carbocycles. The maximum absolute atomic E-state index is 12.1. The van der Waals surface area contributed by atoms with Gasteiger partial charge in [0.05, 0.1) is 0 Å². The molecular formula is C13H14N2O4. The van der Waals surface area contributed by atoms with E-state index in [9.17, 15) is 9.59 Å². The van der Waals surface area contributed by atoms with Crippen molar-refractivity contribution in [2.75, 3.05) is 13.8 Å². The van der Waals surface area contributed by atoms with Crippen LogP contribution < -0.4 is 14.8 Å². The highest BCUT2D eigenvalue weighted by Crippen LogP contribution is 2.34. The van der Waals surface area contributed by atoms with Crippen molar-refractivity contribution in [3.05, 3.63) is 23.8 Å². The van der Waals surface area contributed by atoms with Gasteiger partial charge in [-0.2, -0.15) is 0 Å². The molecule has 6 nitrogen and oxygen atoms in total. The fourth-order valence-corrected chi connectivity index (χ4v) is 2.41. The topological polar surface area (TPSA) is 67.9 Å². The van der Waals surface area contributed by atoms with E-state index in [1.165, 1.54) is 7.05 Å². The van der Waals surface area contributed by atoms with Gasteiger partial charge in [-0.25, -0.2) is 4.79 Å². The van der Waals surface area contributed by atoms with Gasteiger partial charge in [0, 0.05) is 13.5 Å². The van der Waals surface area contributed by atoms with Gasteiger partial charge >= 0.3 is 6.03 Å². The zero-order valence-corrected chi connectivity index (χ0v) is 10.7. The van der Waals surface area contributed by atoms with Crippen molar-refractivity contribution in [2.45, 2.75) is 18.9 Å². The summed E-state index contributed by atoms with van der Waals surface area (Å²) in [6.07, 6.45) is 0.415. The molecule has 0 aliphatic carbocycles. The number of rotatable bonds is 2. The Balaban J connectivity index is 1.85. The summed E-state index contributed by atoms with van der Waals surface area (Å²) in [7, 11) is 1.47. The number of ether oxygens (including phenoxy) is 2. The van der Waals surface area contributed by atoms with Crippen LogP contribution in [-0.2, 0) is 11.2 Å². The van der Waals surface area contributed by atoms with Crippen molar-refractivity contribution in [3.63, 3.8) is 0 Å². The van der Waals surface area contributed by atoms with Crippen LogP contribution in [0.15, 0.2) is 18.2 Å². The number of urea groups is 1. The lowest BCUT2D eigenvalue weighted by Gasteiger charge is -2.21. The lowest BCUT2D eigenvalue weighted by Crippen LogP contribution is -2.45. The van der Waals surface area contributed by atoms with Gasteiger partial charge in [0.15, 0.2) is 11.5 Å². The Bertz CT molecular complexity index is 572. The average molecular weight is 262 g/mol. The van der Waals surface area contributed by atoms with Gasteiger partial charge in [0.1, 0.15) is 5.54 Å². The number of imide groups is 1. The molecule has 2 heterocycles. The number of hydrogen-bond donors (Lipinski definition) is 1. The standard InChI is InChI=1S/C13H14N2O4/c1-13(11(16)15(2)12(17)14-13)6-8-3-4-9-10(5-8)19-7-18-9/h3-5H,6-7H2,1-2H3,(H,14,17). The molecule has 3 rings (SSSR count). The second-order valence-electron chi connectivity index (χ2n) is 4.99. The fourth-order valence-electron chi connectivity index (χ4n) is 2.41. The number of amides is 3. The predicted molar refractivity (Wildman–Crippen MR) is 66.0 cm³/mol. The van der Waals surface area contributed by atoms with Crippen LogP contribution in [-0.4, -0.2) is 36.2 Å². The van der Waals surface area contributed by atoms with E-state index in [0.717, 1.165) is 10.5 Å². The monoisotopic (exact) mass is 262 g/mol. The van der Waals surface area contributed by atoms with Crippen molar-refractivity contribution in [2.24, 2.45) is 0 Å². The van der Waals surface area contributed by atoms with Crippen LogP contribution in [0.5, 0.6) is 11.5 Å². The third-order valence-electron chi connectivity index (χ3n) is 3.46. The summed E-state index contributed by atoms with van der Waals surface area (Å²) in [5.41, 5.74) is 0.00944. The minimum atomic E-state index is -0.903. The molecule has 1 fully saturated rings. The van der Waals surface area contributed by atoms with Crippen molar-refractivity contribution in [1.29, 1.82) is 0 Å². The van der Waals surface area contributed by atoms with Gasteiger partial charge in [-0.15, -0.1) is 0 Å². The van der Waals surface area contributed by atoms with Crippen molar-refractivity contribution in [3.8, 4) is 11.5 Å². The van der Waals surface area contributed by atoms with E-state index >= 15 is 0 Å². The molecule has 6 heteroatoms. The van der Waals surface area contributed by atoms with E-state index in [1.54, 1.807) is 6.92 Å². The Morgan fingerprint density at radius 3 is 2.74 bits per heavy atom. The molecule has 1 aromatic carbocycles. The number of nitrogens with zero attached hydrogens (tertiary/aromatic N) is 1. The van der Waals surface area contributed by atoms with Crippen molar-refractivity contribution >= 4 is 11.9 Å². The Morgan fingerprint density at radius 2 is 2.05 bits per heavy atom. The minimum Gasteiger partial charge on any atom is -0.454 e. The van der Waals surface area contributed by atoms with Crippen molar-refractivity contribution in [1.82, 2.24) is 10.2 Å². The van der Waals surface area contributed by atoms with Crippen LogP contribution in [0.25, 0.3) is 0 Å². The highest BCUT2D eigenvalue weighted by Gasteiger charge is 2.45. The molecule has 1 unspecified atom stereocenters. The lowest BCUT2D eigenvalue weighted by molar-refractivity contribution is -0.129. The van der Waals surface area contributed by atoms with Gasteiger partial charge < -0.3 is 14.8 Å². The molecule has 19 heavy (non-hydrogen) atoms. The van der Waals surface area contributed by atoms with E-state index in [-0.39, 0.29) is 18.7 Å². The van der Waals surface area contributed by atoms with Gasteiger partial charge in [-0.3, -0.25) is 9.69 Å². The van der Waals surface area contributed by atoms with Crippen LogP contribution in [0.3, 0.4) is 0 Å². The first-order chi connectivity index (χ1) is 8.99. The number of likely N-dealkylation sites (N-methyl/N-ethyl adjacent to an activating group) is 1. The van der Waals surface area contributed by atoms with Gasteiger partial charge in [-0.1, -0.05) is 6.07 Å². The summed E-state index contributed by atoms with van der Waals surface area (Å²) < 4.78 is 10.5. The van der Waals surface area contributed by atoms with E-state index < -0.39 is 5.54 Å². The zero-order valence-electron chi connectivity index (χ0n) is 10.7. The summed E-state index contributed by atoms with van der Waals surface area (Å²) >= 11 is 0.